The molecule has 0 fully saturated rings. The van der Waals surface area contributed by atoms with Gasteiger partial charge in [0.1, 0.15) is 5.69 Å². The van der Waals surface area contributed by atoms with Crippen LogP contribution >= 0.6 is 0 Å². The quantitative estimate of drug-likeness (QED) is 0.758. The molecule has 0 spiro atoms. The van der Waals surface area contributed by atoms with Crippen LogP contribution in [0.5, 0.6) is 0 Å². The molecular weight excluding hydrogens is 336 g/mol. The van der Waals surface area contributed by atoms with Gasteiger partial charge in [0.2, 0.25) is 5.95 Å². The standard InChI is InChI=1S/C22H22N4O/c1-16-15-18-9-5-6-10-20(18)26(16)22-24-14-12-19(25-22)21(27)23-13-11-17-7-3-2-4-8-17/h2-10,12,14,16H,11,13,15H2,1H3,(H,23,27). The first-order valence-corrected chi connectivity index (χ1v) is 9.24. The van der Waals surface area contributed by atoms with Gasteiger partial charge in [0.15, 0.2) is 0 Å². The summed E-state index contributed by atoms with van der Waals surface area (Å²) in [5.74, 6) is 0.401. The highest BCUT2D eigenvalue weighted by atomic mass is 16.1. The fourth-order valence-corrected chi connectivity index (χ4v) is 3.52. The number of hydrogen-bond acceptors (Lipinski definition) is 4. The highest BCUT2D eigenvalue weighted by Crippen LogP contribution is 2.36. The zero-order chi connectivity index (χ0) is 18.6. The summed E-state index contributed by atoms with van der Waals surface area (Å²) in [5.41, 5.74) is 3.99. The van der Waals surface area contributed by atoms with Crippen LogP contribution in [0.2, 0.25) is 0 Å². The molecule has 0 aliphatic carbocycles. The van der Waals surface area contributed by atoms with Gasteiger partial charge < -0.3 is 10.2 Å². The average molecular weight is 358 g/mol. The van der Waals surface area contributed by atoms with Crippen molar-refractivity contribution in [2.24, 2.45) is 0 Å². The van der Waals surface area contributed by atoms with Crippen LogP contribution in [-0.4, -0.2) is 28.5 Å². The van der Waals surface area contributed by atoms with Crippen LogP contribution in [0.25, 0.3) is 0 Å². The molecule has 1 amide bonds. The molecule has 1 atom stereocenters. The van der Waals surface area contributed by atoms with Crippen LogP contribution in [0.3, 0.4) is 0 Å². The van der Waals surface area contributed by atoms with E-state index >= 15 is 0 Å². The molecule has 1 aromatic heterocycles. The fraction of sp³-hybridized carbons (Fsp3) is 0.227. The van der Waals surface area contributed by atoms with E-state index < -0.39 is 0 Å². The van der Waals surface area contributed by atoms with Crippen molar-refractivity contribution in [3.8, 4) is 0 Å². The number of nitrogens with zero attached hydrogens (tertiary/aromatic N) is 3. The SMILES string of the molecule is CC1Cc2ccccc2N1c1nccc(C(=O)NCCc2ccccc2)n1. The van der Waals surface area contributed by atoms with E-state index in [0.717, 1.165) is 18.5 Å². The molecular formula is C22H22N4O. The Morgan fingerprint density at radius 2 is 1.89 bits per heavy atom. The summed E-state index contributed by atoms with van der Waals surface area (Å²) in [4.78, 5) is 23.6. The lowest BCUT2D eigenvalue weighted by atomic mass is 10.1. The summed E-state index contributed by atoms with van der Waals surface area (Å²) in [6.07, 6.45) is 3.40. The van der Waals surface area contributed by atoms with Crippen molar-refractivity contribution in [2.75, 3.05) is 11.4 Å². The Morgan fingerprint density at radius 1 is 1.11 bits per heavy atom. The number of anilines is 2. The molecule has 4 rings (SSSR count). The number of carbonyl (C=O) groups is 1. The van der Waals surface area contributed by atoms with Gasteiger partial charge in [0.05, 0.1) is 0 Å². The lowest BCUT2D eigenvalue weighted by molar-refractivity contribution is 0.0949. The van der Waals surface area contributed by atoms with Gasteiger partial charge in [-0.1, -0.05) is 48.5 Å². The second-order valence-electron chi connectivity index (χ2n) is 6.79. The Bertz CT molecular complexity index is 942. The Kier molecular flexibility index (Phi) is 4.83. The summed E-state index contributed by atoms with van der Waals surface area (Å²) in [7, 11) is 0. The molecule has 1 N–H and O–H groups in total. The van der Waals surface area contributed by atoms with E-state index in [2.05, 4.69) is 51.4 Å². The van der Waals surface area contributed by atoms with E-state index in [0.29, 0.717) is 18.2 Å². The first kappa shape index (κ1) is 17.2. The van der Waals surface area contributed by atoms with Gasteiger partial charge in [-0.15, -0.1) is 0 Å². The van der Waals surface area contributed by atoms with Crippen molar-refractivity contribution < 1.29 is 4.79 Å². The highest BCUT2D eigenvalue weighted by Gasteiger charge is 2.29. The number of amides is 1. The third-order valence-electron chi connectivity index (χ3n) is 4.84. The maximum atomic E-state index is 12.5. The Morgan fingerprint density at radius 3 is 2.74 bits per heavy atom. The van der Waals surface area contributed by atoms with Crippen molar-refractivity contribution >= 4 is 17.5 Å². The predicted molar refractivity (Wildman–Crippen MR) is 106 cm³/mol. The molecule has 136 valence electrons. The van der Waals surface area contributed by atoms with E-state index in [1.807, 2.05) is 30.3 Å². The molecule has 1 unspecified atom stereocenters. The molecule has 27 heavy (non-hydrogen) atoms. The van der Waals surface area contributed by atoms with Crippen LogP contribution in [0.15, 0.2) is 66.9 Å². The minimum Gasteiger partial charge on any atom is -0.350 e. The predicted octanol–water partition coefficient (Wildman–Crippen LogP) is 3.53. The van der Waals surface area contributed by atoms with E-state index in [-0.39, 0.29) is 11.9 Å². The molecule has 0 saturated heterocycles. The molecule has 2 aromatic carbocycles. The number of rotatable bonds is 5. The number of fused-ring (bicyclic) bond motifs is 1. The van der Waals surface area contributed by atoms with Gasteiger partial charge in [0.25, 0.3) is 5.91 Å². The average Bonchev–Trinajstić information content (AvgIpc) is 3.04. The number of nitrogens with one attached hydrogen (secondary N) is 1. The van der Waals surface area contributed by atoms with Crippen molar-refractivity contribution in [3.05, 3.63) is 83.7 Å². The normalized spacial score (nSPS) is 15.4. The van der Waals surface area contributed by atoms with Crippen LogP contribution in [0, 0.1) is 0 Å². The third-order valence-corrected chi connectivity index (χ3v) is 4.84. The molecule has 2 heterocycles. The van der Waals surface area contributed by atoms with Crippen LogP contribution in [0.1, 0.15) is 28.5 Å². The lowest BCUT2D eigenvalue weighted by Gasteiger charge is -2.22. The minimum atomic E-state index is -0.172. The zero-order valence-electron chi connectivity index (χ0n) is 15.3. The first-order chi connectivity index (χ1) is 13.2. The first-order valence-electron chi connectivity index (χ1n) is 9.24. The molecule has 1 aliphatic heterocycles. The number of carbonyl (C=O) groups excluding carboxylic acids is 1. The molecule has 0 saturated carbocycles. The topological polar surface area (TPSA) is 58.1 Å². The van der Waals surface area contributed by atoms with Gasteiger partial charge in [0, 0.05) is 24.5 Å². The number of benzene rings is 2. The summed E-state index contributed by atoms with van der Waals surface area (Å²) in [5, 5.41) is 2.95. The molecule has 0 bridgehead atoms. The van der Waals surface area contributed by atoms with Gasteiger partial charge in [-0.3, -0.25) is 4.79 Å². The van der Waals surface area contributed by atoms with E-state index in [1.54, 1.807) is 12.3 Å². The van der Waals surface area contributed by atoms with Crippen LogP contribution < -0.4 is 10.2 Å². The maximum Gasteiger partial charge on any atom is 0.270 e. The maximum absolute atomic E-state index is 12.5. The van der Waals surface area contributed by atoms with Crippen molar-refractivity contribution in [1.29, 1.82) is 0 Å². The summed E-state index contributed by atoms with van der Waals surface area (Å²) >= 11 is 0. The van der Waals surface area contributed by atoms with Gasteiger partial charge >= 0.3 is 0 Å². The molecule has 0 radical (unpaired) electrons. The Hall–Kier alpha value is -3.21. The van der Waals surface area contributed by atoms with Gasteiger partial charge in [-0.05, 0) is 43.0 Å². The third kappa shape index (κ3) is 3.67. The molecule has 5 heteroatoms. The number of para-hydroxylation sites is 1. The summed E-state index contributed by atoms with van der Waals surface area (Å²) in [6, 6.07) is 20.3. The van der Waals surface area contributed by atoms with Crippen LogP contribution in [-0.2, 0) is 12.8 Å². The second kappa shape index (κ2) is 7.58. The Balaban J connectivity index is 1.47. The second-order valence-corrected chi connectivity index (χ2v) is 6.79. The minimum absolute atomic E-state index is 0.172. The largest absolute Gasteiger partial charge is 0.350 e. The molecule has 1 aliphatic rings. The monoisotopic (exact) mass is 358 g/mol. The van der Waals surface area contributed by atoms with Crippen molar-refractivity contribution in [3.63, 3.8) is 0 Å². The Labute approximate surface area is 159 Å². The zero-order valence-corrected chi connectivity index (χ0v) is 15.3. The summed E-state index contributed by atoms with van der Waals surface area (Å²) < 4.78 is 0. The summed E-state index contributed by atoms with van der Waals surface area (Å²) in [6.45, 7) is 2.72. The highest BCUT2D eigenvalue weighted by molar-refractivity contribution is 5.92. The number of aromatic nitrogens is 2. The van der Waals surface area contributed by atoms with Crippen molar-refractivity contribution in [2.45, 2.75) is 25.8 Å². The smallest absolute Gasteiger partial charge is 0.270 e. The van der Waals surface area contributed by atoms with Gasteiger partial charge in [-0.25, -0.2) is 9.97 Å². The lowest BCUT2D eigenvalue weighted by Crippen LogP contribution is -2.29. The van der Waals surface area contributed by atoms with E-state index in [9.17, 15) is 4.79 Å². The number of hydrogen-bond donors (Lipinski definition) is 1. The van der Waals surface area contributed by atoms with Gasteiger partial charge in [-0.2, -0.15) is 0 Å². The fourth-order valence-electron chi connectivity index (χ4n) is 3.52. The van der Waals surface area contributed by atoms with Crippen LogP contribution in [0.4, 0.5) is 11.6 Å². The van der Waals surface area contributed by atoms with Crippen molar-refractivity contribution in [1.82, 2.24) is 15.3 Å². The van der Waals surface area contributed by atoms with E-state index in [1.165, 1.54) is 11.1 Å². The molecule has 3 aromatic rings. The van der Waals surface area contributed by atoms with E-state index in [4.69, 9.17) is 0 Å². The molecule has 5 nitrogen and oxygen atoms in total.